The number of amides is 1. The third-order valence-corrected chi connectivity index (χ3v) is 3.65. The molecule has 6 nitrogen and oxygen atoms in total. The Bertz CT molecular complexity index is 808. The SMILES string of the molecule is CCOc1ccc(/C=C(\C(=O)NCCN(C)C)n2ccccc2=O)cc1. The van der Waals surface area contributed by atoms with Gasteiger partial charge in [-0.05, 0) is 50.9 Å². The van der Waals surface area contributed by atoms with Crippen molar-refractivity contribution in [3.8, 4) is 5.75 Å². The molecule has 26 heavy (non-hydrogen) atoms. The minimum absolute atomic E-state index is 0.257. The van der Waals surface area contributed by atoms with E-state index in [2.05, 4.69) is 5.32 Å². The van der Waals surface area contributed by atoms with Crippen molar-refractivity contribution in [1.29, 1.82) is 0 Å². The summed E-state index contributed by atoms with van der Waals surface area (Å²) in [4.78, 5) is 26.8. The van der Waals surface area contributed by atoms with Gasteiger partial charge in [-0.25, -0.2) is 0 Å². The van der Waals surface area contributed by atoms with Crippen LogP contribution in [0.15, 0.2) is 53.5 Å². The van der Waals surface area contributed by atoms with Crippen molar-refractivity contribution >= 4 is 17.7 Å². The molecule has 138 valence electrons. The lowest BCUT2D eigenvalue weighted by atomic mass is 10.1. The highest BCUT2D eigenvalue weighted by Crippen LogP contribution is 2.16. The molecule has 6 heteroatoms. The summed E-state index contributed by atoms with van der Waals surface area (Å²) >= 11 is 0. The lowest BCUT2D eigenvalue weighted by Crippen LogP contribution is -2.34. The quantitative estimate of drug-likeness (QED) is 0.735. The predicted molar refractivity (Wildman–Crippen MR) is 104 cm³/mol. The van der Waals surface area contributed by atoms with E-state index in [0.717, 1.165) is 11.3 Å². The van der Waals surface area contributed by atoms with Crippen LogP contribution in [0.25, 0.3) is 11.8 Å². The summed E-state index contributed by atoms with van der Waals surface area (Å²) in [7, 11) is 3.87. The van der Waals surface area contributed by atoms with Crippen LogP contribution in [0.2, 0.25) is 0 Å². The zero-order valence-electron chi connectivity index (χ0n) is 15.4. The minimum atomic E-state index is -0.297. The summed E-state index contributed by atoms with van der Waals surface area (Å²) in [5, 5.41) is 2.86. The van der Waals surface area contributed by atoms with E-state index in [4.69, 9.17) is 4.74 Å². The molecule has 0 bridgehead atoms. The number of likely N-dealkylation sites (N-methyl/N-ethyl adjacent to an activating group) is 1. The molecule has 2 rings (SSSR count). The van der Waals surface area contributed by atoms with Crippen LogP contribution in [0.4, 0.5) is 0 Å². The Balaban J connectivity index is 2.32. The van der Waals surface area contributed by atoms with Crippen LogP contribution >= 0.6 is 0 Å². The van der Waals surface area contributed by atoms with Gasteiger partial charge in [0.05, 0.1) is 6.61 Å². The van der Waals surface area contributed by atoms with Gasteiger partial charge in [0, 0.05) is 25.4 Å². The number of nitrogens with one attached hydrogen (secondary N) is 1. The van der Waals surface area contributed by atoms with Crippen molar-refractivity contribution in [3.63, 3.8) is 0 Å². The molecule has 0 atom stereocenters. The third-order valence-electron chi connectivity index (χ3n) is 3.65. The Hall–Kier alpha value is -2.86. The number of rotatable bonds is 8. The molecular formula is C20H25N3O3. The third kappa shape index (κ3) is 5.60. The van der Waals surface area contributed by atoms with E-state index in [1.165, 1.54) is 10.6 Å². The molecule has 0 saturated carbocycles. The number of benzene rings is 1. The normalized spacial score (nSPS) is 11.5. The molecule has 1 aromatic carbocycles. The van der Waals surface area contributed by atoms with Crippen LogP contribution in [-0.4, -0.2) is 49.2 Å². The molecule has 0 aliphatic carbocycles. The molecule has 1 N–H and O–H groups in total. The fourth-order valence-corrected chi connectivity index (χ4v) is 2.34. The van der Waals surface area contributed by atoms with Gasteiger partial charge in [-0.2, -0.15) is 0 Å². The van der Waals surface area contributed by atoms with Crippen LogP contribution in [0.5, 0.6) is 5.75 Å². The van der Waals surface area contributed by atoms with Crippen molar-refractivity contribution in [2.24, 2.45) is 0 Å². The van der Waals surface area contributed by atoms with Crippen LogP contribution in [0, 0.1) is 0 Å². The van der Waals surface area contributed by atoms with Gasteiger partial charge in [-0.1, -0.05) is 18.2 Å². The molecule has 1 aromatic heterocycles. The summed E-state index contributed by atoms with van der Waals surface area (Å²) < 4.78 is 6.78. The van der Waals surface area contributed by atoms with Crippen LogP contribution in [0.1, 0.15) is 12.5 Å². The smallest absolute Gasteiger partial charge is 0.268 e. The summed E-state index contributed by atoms with van der Waals surface area (Å²) in [5.41, 5.74) is 0.827. The van der Waals surface area contributed by atoms with Crippen molar-refractivity contribution < 1.29 is 9.53 Å². The minimum Gasteiger partial charge on any atom is -0.494 e. The Morgan fingerprint density at radius 2 is 1.92 bits per heavy atom. The molecule has 1 amide bonds. The largest absolute Gasteiger partial charge is 0.494 e. The van der Waals surface area contributed by atoms with Crippen LogP contribution in [-0.2, 0) is 4.79 Å². The van der Waals surface area contributed by atoms with E-state index in [1.54, 1.807) is 24.4 Å². The van der Waals surface area contributed by atoms with Gasteiger partial charge in [-0.15, -0.1) is 0 Å². The van der Waals surface area contributed by atoms with Crippen LogP contribution < -0.4 is 15.6 Å². The number of aromatic nitrogens is 1. The molecular weight excluding hydrogens is 330 g/mol. The average molecular weight is 355 g/mol. The zero-order valence-corrected chi connectivity index (χ0v) is 15.4. The topological polar surface area (TPSA) is 63.6 Å². The first-order valence-corrected chi connectivity index (χ1v) is 8.57. The van der Waals surface area contributed by atoms with Gasteiger partial charge in [-0.3, -0.25) is 14.2 Å². The van der Waals surface area contributed by atoms with E-state index in [0.29, 0.717) is 19.7 Å². The molecule has 0 saturated heterocycles. The first kappa shape index (κ1) is 19.5. The highest BCUT2D eigenvalue weighted by molar-refractivity contribution is 6.18. The van der Waals surface area contributed by atoms with E-state index >= 15 is 0 Å². The molecule has 0 unspecified atom stereocenters. The van der Waals surface area contributed by atoms with Gasteiger partial charge < -0.3 is 15.0 Å². The number of hydrogen-bond acceptors (Lipinski definition) is 4. The van der Waals surface area contributed by atoms with E-state index in [9.17, 15) is 9.59 Å². The maximum atomic E-state index is 12.7. The highest BCUT2D eigenvalue weighted by atomic mass is 16.5. The van der Waals surface area contributed by atoms with Gasteiger partial charge in [0.25, 0.3) is 11.5 Å². The van der Waals surface area contributed by atoms with Crippen molar-refractivity contribution in [3.05, 3.63) is 64.6 Å². The number of carbonyl (C=O) groups excluding carboxylic acids is 1. The van der Waals surface area contributed by atoms with E-state index < -0.39 is 0 Å². The van der Waals surface area contributed by atoms with Crippen molar-refractivity contribution in [1.82, 2.24) is 14.8 Å². The maximum Gasteiger partial charge on any atom is 0.268 e. The lowest BCUT2D eigenvalue weighted by molar-refractivity contribution is -0.115. The van der Waals surface area contributed by atoms with Crippen molar-refractivity contribution in [2.75, 3.05) is 33.8 Å². The second-order valence-corrected chi connectivity index (χ2v) is 6.00. The Kier molecular flexibility index (Phi) is 7.17. The summed E-state index contributed by atoms with van der Waals surface area (Å²) in [5.74, 6) is 0.465. The molecule has 0 radical (unpaired) electrons. The van der Waals surface area contributed by atoms with Gasteiger partial charge >= 0.3 is 0 Å². The number of hydrogen-bond donors (Lipinski definition) is 1. The molecule has 2 aromatic rings. The molecule has 0 aliphatic heterocycles. The highest BCUT2D eigenvalue weighted by Gasteiger charge is 2.13. The second kappa shape index (κ2) is 9.58. The molecule has 0 spiro atoms. The van der Waals surface area contributed by atoms with E-state index in [-0.39, 0.29) is 17.2 Å². The summed E-state index contributed by atoms with van der Waals surface area (Å²) in [6, 6.07) is 12.2. The fraction of sp³-hybridized carbons (Fsp3) is 0.300. The Labute approximate surface area is 153 Å². The number of pyridine rings is 1. The van der Waals surface area contributed by atoms with E-state index in [1.807, 2.05) is 50.2 Å². The Morgan fingerprint density at radius 1 is 1.19 bits per heavy atom. The lowest BCUT2D eigenvalue weighted by Gasteiger charge is -2.14. The maximum absolute atomic E-state index is 12.7. The predicted octanol–water partition coefficient (Wildman–Crippen LogP) is 1.92. The number of ether oxygens (including phenoxy) is 1. The molecule has 0 fully saturated rings. The standard InChI is InChI=1S/C20H25N3O3/c1-4-26-17-10-8-16(9-11-17)15-18(20(25)21-12-14-22(2)3)23-13-6-5-7-19(23)24/h5-11,13,15H,4,12,14H2,1-3H3,(H,21,25)/b18-15+. The van der Waals surface area contributed by atoms with Crippen LogP contribution in [0.3, 0.4) is 0 Å². The molecule has 0 aliphatic rings. The second-order valence-electron chi connectivity index (χ2n) is 6.00. The van der Waals surface area contributed by atoms with Gasteiger partial charge in [0.15, 0.2) is 0 Å². The van der Waals surface area contributed by atoms with Gasteiger partial charge in [0.1, 0.15) is 11.4 Å². The summed E-state index contributed by atoms with van der Waals surface area (Å²) in [6.45, 7) is 3.72. The average Bonchev–Trinajstić information content (AvgIpc) is 2.61. The number of carbonyl (C=O) groups is 1. The monoisotopic (exact) mass is 355 g/mol. The summed E-state index contributed by atoms with van der Waals surface area (Å²) in [6.07, 6.45) is 3.29. The first-order chi connectivity index (χ1) is 12.5. The fourth-order valence-electron chi connectivity index (χ4n) is 2.34. The molecule has 1 heterocycles. The first-order valence-electron chi connectivity index (χ1n) is 8.57. The number of nitrogens with zero attached hydrogens (tertiary/aromatic N) is 2. The van der Waals surface area contributed by atoms with Crippen molar-refractivity contribution in [2.45, 2.75) is 6.92 Å². The van der Waals surface area contributed by atoms with Gasteiger partial charge in [0.2, 0.25) is 0 Å². The zero-order chi connectivity index (χ0) is 18.9. The Morgan fingerprint density at radius 3 is 2.54 bits per heavy atom.